The van der Waals surface area contributed by atoms with Gasteiger partial charge in [0.05, 0.1) is 11.1 Å². The van der Waals surface area contributed by atoms with Crippen LogP contribution >= 0.6 is 38.5 Å². The van der Waals surface area contributed by atoms with E-state index in [-0.39, 0.29) is 0 Å². The number of aromatic nitrogens is 1. The Hall–Kier alpha value is -0.170. The van der Waals surface area contributed by atoms with Crippen molar-refractivity contribution in [1.82, 2.24) is 4.98 Å². The van der Waals surface area contributed by atoms with E-state index >= 15 is 0 Å². The summed E-state index contributed by atoms with van der Waals surface area (Å²) in [4.78, 5) is 15.2. The molecule has 0 spiro atoms. The lowest BCUT2D eigenvalue weighted by atomic mass is 10.3. The van der Waals surface area contributed by atoms with Crippen molar-refractivity contribution in [3.8, 4) is 0 Å². The normalized spacial score (nSPS) is 9.77. The van der Waals surface area contributed by atoms with Crippen molar-refractivity contribution >= 4 is 44.5 Å². The predicted octanol–water partition coefficient (Wildman–Crippen LogP) is 2.63. The summed E-state index contributed by atoms with van der Waals surface area (Å²) in [6, 6.07) is 1.82. The van der Waals surface area contributed by atoms with Crippen LogP contribution in [0, 0.1) is 3.57 Å². The fourth-order valence-electron chi connectivity index (χ4n) is 0.764. The third kappa shape index (κ3) is 2.91. The number of hydrogen-bond acceptors (Lipinski definition) is 3. The molecule has 70 valence electrons. The molecule has 1 heterocycles. The monoisotopic (exact) mass is 355 g/mol. The summed E-state index contributed by atoms with van der Waals surface area (Å²) in [5.41, 5.74) is 0.322. The van der Waals surface area contributed by atoms with Crippen molar-refractivity contribution in [2.75, 3.05) is 6.61 Å². The number of hydrogen-bond donors (Lipinski definition) is 0. The molecular formula is C8H7BrINO2. The maximum absolute atomic E-state index is 11.3. The van der Waals surface area contributed by atoms with E-state index in [2.05, 4.69) is 43.5 Å². The maximum Gasteiger partial charge on any atom is 0.358 e. The van der Waals surface area contributed by atoms with Crippen LogP contribution in [0.3, 0.4) is 0 Å². The van der Waals surface area contributed by atoms with Gasteiger partial charge in [0.25, 0.3) is 0 Å². The third-order valence-corrected chi connectivity index (χ3v) is 2.47. The molecule has 0 fully saturated rings. The van der Waals surface area contributed by atoms with Crippen molar-refractivity contribution in [2.24, 2.45) is 0 Å². The summed E-state index contributed by atoms with van der Waals surface area (Å²) >= 11 is 5.37. The molecule has 3 nitrogen and oxygen atoms in total. The van der Waals surface area contributed by atoms with Crippen LogP contribution in [0.2, 0.25) is 0 Å². The van der Waals surface area contributed by atoms with E-state index in [1.54, 1.807) is 13.1 Å². The molecule has 0 N–H and O–H groups in total. The Morgan fingerprint density at radius 2 is 2.46 bits per heavy atom. The second-order valence-corrected chi connectivity index (χ2v) is 4.30. The summed E-state index contributed by atoms with van der Waals surface area (Å²) in [6.07, 6.45) is 1.62. The minimum absolute atomic E-state index is 0.322. The number of halogens is 2. The molecule has 13 heavy (non-hydrogen) atoms. The minimum Gasteiger partial charge on any atom is -0.461 e. The van der Waals surface area contributed by atoms with Gasteiger partial charge in [0.1, 0.15) is 0 Å². The van der Waals surface area contributed by atoms with Gasteiger partial charge in [-0.15, -0.1) is 0 Å². The second kappa shape index (κ2) is 4.90. The second-order valence-electron chi connectivity index (χ2n) is 2.20. The van der Waals surface area contributed by atoms with E-state index in [4.69, 9.17) is 4.74 Å². The molecule has 0 atom stereocenters. The topological polar surface area (TPSA) is 39.2 Å². The fraction of sp³-hybridized carbons (Fsp3) is 0.250. The first-order valence-electron chi connectivity index (χ1n) is 3.63. The first kappa shape index (κ1) is 10.9. The molecule has 5 heteroatoms. The Morgan fingerprint density at radius 1 is 1.77 bits per heavy atom. The van der Waals surface area contributed by atoms with Crippen LogP contribution in [-0.2, 0) is 4.74 Å². The van der Waals surface area contributed by atoms with Gasteiger partial charge in [-0.1, -0.05) is 0 Å². The van der Waals surface area contributed by atoms with Crippen LogP contribution < -0.4 is 0 Å². The highest BCUT2D eigenvalue weighted by atomic mass is 127. The van der Waals surface area contributed by atoms with Crippen molar-refractivity contribution in [2.45, 2.75) is 6.92 Å². The third-order valence-electron chi connectivity index (χ3n) is 1.28. The fourth-order valence-corrected chi connectivity index (χ4v) is 2.15. The van der Waals surface area contributed by atoms with Gasteiger partial charge >= 0.3 is 5.97 Å². The smallest absolute Gasteiger partial charge is 0.358 e. The molecule has 1 aromatic heterocycles. The summed E-state index contributed by atoms with van der Waals surface area (Å²) in [5.74, 6) is -0.397. The van der Waals surface area contributed by atoms with Gasteiger partial charge in [-0.2, -0.15) is 0 Å². The molecule has 1 aromatic rings. The molecule has 0 aliphatic heterocycles. The van der Waals surface area contributed by atoms with E-state index in [1.165, 1.54) is 0 Å². The molecule has 0 radical (unpaired) electrons. The minimum atomic E-state index is -0.397. The molecule has 1 rings (SSSR count). The molecule has 0 aromatic carbocycles. The van der Waals surface area contributed by atoms with Crippen LogP contribution in [0.1, 0.15) is 17.4 Å². The first-order valence-corrected chi connectivity index (χ1v) is 5.50. The zero-order valence-corrected chi connectivity index (χ0v) is 10.6. The van der Waals surface area contributed by atoms with Crippen molar-refractivity contribution in [3.63, 3.8) is 0 Å². The number of rotatable bonds is 2. The zero-order valence-electron chi connectivity index (χ0n) is 6.88. The average Bonchev–Trinajstić information content (AvgIpc) is 2.04. The van der Waals surface area contributed by atoms with Crippen LogP contribution in [0.25, 0.3) is 0 Å². The summed E-state index contributed by atoms with van der Waals surface area (Å²) in [6.45, 7) is 2.12. The summed E-state index contributed by atoms with van der Waals surface area (Å²) in [7, 11) is 0. The van der Waals surface area contributed by atoms with Crippen LogP contribution in [0.5, 0.6) is 0 Å². The van der Waals surface area contributed by atoms with Crippen LogP contribution in [0.4, 0.5) is 0 Å². The predicted molar refractivity (Wildman–Crippen MR) is 60.6 cm³/mol. The van der Waals surface area contributed by atoms with Crippen LogP contribution in [-0.4, -0.2) is 17.6 Å². The van der Waals surface area contributed by atoms with Gasteiger partial charge in [-0.3, -0.25) is 0 Å². The molecule has 0 aliphatic rings. The molecular weight excluding hydrogens is 349 g/mol. The molecule has 0 amide bonds. The quantitative estimate of drug-likeness (QED) is 0.604. The van der Waals surface area contributed by atoms with Gasteiger partial charge in [-0.25, -0.2) is 9.78 Å². The van der Waals surface area contributed by atoms with E-state index in [9.17, 15) is 4.79 Å². The summed E-state index contributed by atoms with van der Waals surface area (Å²) < 4.78 is 6.45. The highest BCUT2D eigenvalue weighted by Crippen LogP contribution is 2.17. The number of carbonyl (C=O) groups excluding carboxylic acids is 1. The lowest BCUT2D eigenvalue weighted by Crippen LogP contribution is -2.07. The summed E-state index contributed by atoms with van der Waals surface area (Å²) in [5, 5.41) is 0. The lowest BCUT2D eigenvalue weighted by molar-refractivity contribution is 0.0518. The van der Waals surface area contributed by atoms with E-state index in [1.807, 2.05) is 6.07 Å². The number of nitrogens with zero attached hydrogens (tertiary/aromatic N) is 1. The Labute approximate surface area is 98.2 Å². The Bertz CT molecular complexity index is 330. The average molecular weight is 356 g/mol. The highest BCUT2D eigenvalue weighted by Gasteiger charge is 2.12. The molecule has 0 bridgehead atoms. The van der Waals surface area contributed by atoms with Crippen LogP contribution in [0.15, 0.2) is 16.7 Å². The standard InChI is InChI=1S/C8H7BrINO2/c1-2-13-8(12)7-6(9)3-5(10)4-11-7/h3-4H,2H2,1H3. The Balaban J connectivity index is 2.95. The number of ether oxygens (including phenoxy) is 1. The Morgan fingerprint density at radius 3 is 3.00 bits per heavy atom. The van der Waals surface area contributed by atoms with Gasteiger partial charge in [-0.05, 0) is 51.5 Å². The number of pyridine rings is 1. The highest BCUT2D eigenvalue weighted by molar-refractivity contribution is 14.1. The van der Waals surface area contributed by atoms with E-state index < -0.39 is 5.97 Å². The molecule has 0 saturated carbocycles. The maximum atomic E-state index is 11.3. The first-order chi connectivity index (χ1) is 6.15. The van der Waals surface area contributed by atoms with E-state index in [0.29, 0.717) is 16.8 Å². The number of esters is 1. The van der Waals surface area contributed by atoms with Gasteiger partial charge in [0.15, 0.2) is 5.69 Å². The largest absolute Gasteiger partial charge is 0.461 e. The zero-order chi connectivity index (χ0) is 9.84. The molecule has 0 saturated heterocycles. The van der Waals surface area contributed by atoms with Crippen molar-refractivity contribution in [3.05, 3.63) is 26.0 Å². The van der Waals surface area contributed by atoms with Gasteiger partial charge in [0, 0.05) is 9.77 Å². The Kier molecular flexibility index (Phi) is 4.11. The molecule has 0 unspecified atom stereocenters. The SMILES string of the molecule is CCOC(=O)c1ncc(I)cc1Br. The van der Waals surface area contributed by atoms with E-state index in [0.717, 1.165) is 3.57 Å². The van der Waals surface area contributed by atoms with Gasteiger partial charge in [0.2, 0.25) is 0 Å². The number of carbonyl (C=O) groups is 1. The van der Waals surface area contributed by atoms with Crippen molar-refractivity contribution in [1.29, 1.82) is 0 Å². The van der Waals surface area contributed by atoms with Crippen molar-refractivity contribution < 1.29 is 9.53 Å². The van der Waals surface area contributed by atoms with Gasteiger partial charge < -0.3 is 4.74 Å². The molecule has 0 aliphatic carbocycles. The lowest BCUT2D eigenvalue weighted by Gasteiger charge is -2.02.